The fourth-order valence-corrected chi connectivity index (χ4v) is 6.80. The average Bonchev–Trinajstić information content (AvgIpc) is 3.24. The van der Waals surface area contributed by atoms with Crippen LogP contribution in [0, 0.1) is 0 Å². The molecule has 0 saturated heterocycles. The monoisotopic (exact) mass is 837 g/mol. The topological polar surface area (TPSA) is 78.9 Å². The molecule has 344 valence electrons. The van der Waals surface area contributed by atoms with E-state index in [0.29, 0.717) is 19.3 Å². The van der Waals surface area contributed by atoms with E-state index in [9.17, 15) is 14.4 Å². The minimum atomic E-state index is -0.803. The molecule has 0 N–H and O–H groups in total. The second-order valence-corrected chi connectivity index (χ2v) is 16.5. The number of carbonyl (C=O) groups is 3. The number of carbonyl (C=O) groups excluding carboxylic acids is 3. The summed E-state index contributed by atoms with van der Waals surface area (Å²) in [6.07, 6.45) is 60.3. The number of ether oxygens (including phenoxy) is 3. The van der Waals surface area contributed by atoms with Gasteiger partial charge < -0.3 is 14.2 Å². The van der Waals surface area contributed by atoms with E-state index in [2.05, 4.69) is 57.2 Å². The third-order valence-corrected chi connectivity index (χ3v) is 10.6. The van der Waals surface area contributed by atoms with Crippen LogP contribution in [-0.2, 0) is 28.6 Å². The molecule has 1 atom stereocenters. The maximum absolute atomic E-state index is 12.7. The fraction of sp³-hybridized carbons (Fsp3) is 0.722. The van der Waals surface area contributed by atoms with E-state index in [0.717, 1.165) is 77.0 Å². The van der Waals surface area contributed by atoms with Gasteiger partial charge in [-0.15, -0.1) is 0 Å². The van der Waals surface area contributed by atoms with Gasteiger partial charge in [-0.25, -0.2) is 0 Å². The van der Waals surface area contributed by atoms with Crippen LogP contribution in [0.25, 0.3) is 0 Å². The highest BCUT2D eigenvalue weighted by atomic mass is 16.6. The number of esters is 3. The number of unbranched alkanes of at least 4 members (excludes halogenated alkanes) is 25. The van der Waals surface area contributed by atoms with Gasteiger partial charge >= 0.3 is 17.9 Å². The van der Waals surface area contributed by atoms with E-state index in [4.69, 9.17) is 14.2 Å². The van der Waals surface area contributed by atoms with Gasteiger partial charge in [0.25, 0.3) is 0 Å². The highest BCUT2D eigenvalue weighted by molar-refractivity contribution is 5.71. The molecular formula is C54H92O6. The minimum Gasteiger partial charge on any atom is -0.462 e. The molecule has 0 rings (SSSR count). The lowest BCUT2D eigenvalue weighted by atomic mass is 10.0. The Balaban J connectivity index is 4.47. The predicted molar refractivity (Wildman–Crippen MR) is 256 cm³/mol. The summed E-state index contributed by atoms with van der Waals surface area (Å²) < 4.78 is 16.7. The van der Waals surface area contributed by atoms with Gasteiger partial charge in [0, 0.05) is 19.3 Å². The van der Waals surface area contributed by atoms with Crippen LogP contribution in [-0.4, -0.2) is 37.2 Å². The van der Waals surface area contributed by atoms with Crippen molar-refractivity contribution in [2.45, 2.75) is 239 Å². The zero-order chi connectivity index (χ0) is 43.7. The van der Waals surface area contributed by atoms with Gasteiger partial charge in [-0.2, -0.15) is 0 Å². The quantitative estimate of drug-likeness (QED) is 0.0263. The summed E-state index contributed by atoms with van der Waals surface area (Å²) in [5.74, 6) is -0.965. The Bertz CT molecular complexity index is 1140. The second kappa shape index (κ2) is 48.5. The van der Waals surface area contributed by atoms with Crippen LogP contribution in [0.4, 0.5) is 0 Å². The molecule has 0 aliphatic carbocycles. The van der Waals surface area contributed by atoms with Crippen molar-refractivity contribution < 1.29 is 28.6 Å². The first-order valence-electron chi connectivity index (χ1n) is 25.0. The molecule has 0 radical (unpaired) electrons. The lowest BCUT2D eigenvalue weighted by Crippen LogP contribution is -2.30. The van der Waals surface area contributed by atoms with E-state index in [1.807, 2.05) is 36.5 Å². The van der Waals surface area contributed by atoms with Crippen molar-refractivity contribution in [2.24, 2.45) is 0 Å². The Labute approximate surface area is 370 Å². The Kier molecular flexibility index (Phi) is 46.0. The molecule has 0 aromatic heterocycles. The first-order chi connectivity index (χ1) is 29.5. The van der Waals surface area contributed by atoms with Gasteiger partial charge in [-0.1, -0.05) is 222 Å². The molecule has 0 aliphatic rings. The van der Waals surface area contributed by atoms with E-state index in [1.165, 1.54) is 109 Å². The number of hydrogen-bond donors (Lipinski definition) is 0. The highest BCUT2D eigenvalue weighted by Crippen LogP contribution is 2.14. The lowest BCUT2D eigenvalue weighted by molar-refractivity contribution is -0.167. The lowest BCUT2D eigenvalue weighted by Gasteiger charge is -2.18. The molecule has 0 aromatic rings. The predicted octanol–water partition coefficient (Wildman–Crippen LogP) is 16.3. The smallest absolute Gasteiger partial charge is 0.306 e. The highest BCUT2D eigenvalue weighted by Gasteiger charge is 2.19. The van der Waals surface area contributed by atoms with Crippen LogP contribution in [0.1, 0.15) is 233 Å². The zero-order valence-electron chi connectivity index (χ0n) is 39.2. The zero-order valence-corrected chi connectivity index (χ0v) is 39.2. The molecular weight excluding hydrogens is 745 g/mol. The SMILES string of the molecule is CC\C=C/C=C\C=C/C=C\CCCCCC(=O)OC(COC(=O)CCCCC/C=C\C=C/CCCCCCCCC)COC(=O)CCCCCCCCCCCCCCC. The van der Waals surface area contributed by atoms with Gasteiger partial charge in [0.2, 0.25) is 0 Å². The van der Waals surface area contributed by atoms with Gasteiger partial charge in [0.15, 0.2) is 6.10 Å². The Morgan fingerprint density at radius 1 is 0.350 bits per heavy atom. The molecule has 6 nitrogen and oxygen atoms in total. The Hall–Kier alpha value is -3.15. The van der Waals surface area contributed by atoms with Gasteiger partial charge in [-0.05, 0) is 64.2 Å². The van der Waals surface area contributed by atoms with Crippen LogP contribution in [0.3, 0.4) is 0 Å². The third-order valence-electron chi connectivity index (χ3n) is 10.6. The van der Waals surface area contributed by atoms with Crippen molar-refractivity contribution in [3.05, 3.63) is 72.9 Å². The fourth-order valence-electron chi connectivity index (χ4n) is 6.80. The van der Waals surface area contributed by atoms with E-state index in [1.54, 1.807) is 0 Å². The van der Waals surface area contributed by atoms with Gasteiger partial charge in [0.1, 0.15) is 13.2 Å². The largest absolute Gasteiger partial charge is 0.462 e. The van der Waals surface area contributed by atoms with Crippen LogP contribution < -0.4 is 0 Å². The molecule has 6 heteroatoms. The van der Waals surface area contributed by atoms with Crippen LogP contribution in [0.2, 0.25) is 0 Å². The Morgan fingerprint density at radius 2 is 0.650 bits per heavy atom. The Morgan fingerprint density at radius 3 is 1.05 bits per heavy atom. The standard InChI is InChI=1S/C54H92O6/c1-4-7-10-13-16-19-22-25-26-27-30-32-35-38-41-44-47-53(56)59-50-51(60-54(57)48-45-42-39-36-33-29-24-21-18-15-12-9-6-3)49-58-52(55)46-43-40-37-34-31-28-23-20-17-14-11-8-5-2/h9,12,15,18,21,24,26-27,29-30,32-33,51H,4-8,10-11,13-14,16-17,19-20,22-23,25,28,31,34-50H2,1-3H3/b12-9-,18-15-,24-21-,27-26-,32-30-,33-29-. The van der Waals surface area contributed by atoms with Crippen LogP contribution in [0.15, 0.2) is 72.9 Å². The average molecular weight is 837 g/mol. The van der Waals surface area contributed by atoms with Crippen molar-refractivity contribution in [3.8, 4) is 0 Å². The van der Waals surface area contributed by atoms with Crippen LogP contribution in [0.5, 0.6) is 0 Å². The van der Waals surface area contributed by atoms with Gasteiger partial charge in [0.05, 0.1) is 0 Å². The molecule has 0 bridgehead atoms. The van der Waals surface area contributed by atoms with Crippen molar-refractivity contribution in [3.63, 3.8) is 0 Å². The summed E-state index contributed by atoms with van der Waals surface area (Å²) in [5.41, 5.74) is 0. The number of hydrogen-bond acceptors (Lipinski definition) is 6. The molecule has 0 saturated carbocycles. The van der Waals surface area contributed by atoms with Crippen molar-refractivity contribution in [1.82, 2.24) is 0 Å². The second-order valence-electron chi connectivity index (χ2n) is 16.5. The molecule has 0 amide bonds. The normalized spacial score (nSPS) is 12.7. The van der Waals surface area contributed by atoms with Crippen molar-refractivity contribution in [2.75, 3.05) is 13.2 Å². The molecule has 0 spiro atoms. The van der Waals surface area contributed by atoms with E-state index < -0.39 is 6.10 Å². The summed E-state index contributed by atoms with van der Waals surface area (Å²) in [6, 6.07) is 0. The van der Waals surface area contributed by atoms with Crippen molar-refractivity contribution >= 4 is 17.9 Å². The summed E-state index contributed by atoms with van der Waals surface area (Å²) >= 11 is 0. The minimum absolute atomic E-state index is 0.0987. The third kappa shape index (κ3) is 45.9. The molecule has 0 aliphatic heterocycles. The summed E-state index contributed by atoms with van der Waals surface area (Å²) in [5, 5.41) is 0. The molecule has 0 heterocycles. The van der Waals surface area contributed by atoms with Crippen molar-refractivity contribution in [1.29, 1.82) is 0 Å². The molecule has 0 aromatic carbocycles. The maximum atomic E-state index is 12.7. The number of allylic oxidation sites excluding steroid dienone is 12. The summed E-state index contributed by atoms with van der Waals surface area (Å²) in [7, 11) is 0. The maximum Gasteiger partial charge on any atom is 0.306 e. The van der Waals surface area contributed by atoms with E-state index >= 15 is 0 Å². The summed E-state index contributed by atoms with van der Waals surface area (Å²) in [4.78, 5) is 37.9. The molecule has 60 heavy (non-hydrogen) atoms. The van der Waals surface area contributed by atoms with Gasteiger partial charge in [-0.3, -0.25) is 14.4 Å². The van der Waals surface area contributed by atoms with Crippen LogP contribution >= 0.6 is 0 Å². The summed E-state index contributed by atoms with van der Waals surface area (Å²) in [6.45, 7) is 6.43. The first kappa shape index (κ1) is 56.9. The number of rotatable bonds is 44. The molecule has 0 fully saturated rings. The van der Waals surface area contributed by atoms with E-state index in [-0.39, 0.29) is 37.5 Å². The first-order valence-corrected chi connectivity index (χ1v) is 25.0. The molecule has 1 unspecified atom stereocenters.